The molecule has 0 aliphatic rings. The highest BCUT2D eigenvalue weighted by atomic mass is 16.3. The standard InChI is InChI=1S/C4H12N4O/c1-7-4(5)8(6)2-3-9/h9H,2-3,6H2,1H3,(H2,5,7). The molecule has 5 heteroatoms. The third-order valence-electron chi connectivity index (χ3n) is 0.864. The molecule has 0 aliphatic carbocycles. The number of hydrogen-bond acceptors (Lipinski definition) is 3. The Morgan fingerprint density at radius 2 is 2.33 bits per heavy atom. The van der Waals surface area contributed by atoms with Gasteiger partial charge in [0.05, 0.1) is 13.2 Å². The van der Waals surface area contributed by atoms with Crippen molar-refractivity contribution < 1.29 is 5.11 Å². The molecule has 0 heterocycles. The lowest BCUT2D eigenvalue weighted by Gasteiger charge is -2.14. The van der Waals surface area contributed by atoms with E-state index in [9.17, 15) is 0 Å². The van der Waals surface area contributed by atoms with E-state index < -0.39 is 0 Å². The van der Waals surface area contributed by atoms with Crippen LogP contribution in [0.5, 0.6) is 0 Å². The fourth-order valence-electron chi connectivity index (χ4n) is 0.351. The first-order valence-electron chi connectivity index (χ1n) is 2.57. The normalized spacial score (nSPS) is 11.7. The fourth-order valence-corrected chi connectivity index (χ4v) is 0.351. The lowest BCUT2D eigenvalue weighted by molar-refractivity contribution is 0.250. The zero-order valence-corrected chi connectivity index (χ0v) is 5.41. The molecule has 54 valence electrons. The second-order valence-corrected chi connectivity index (χ2v) is 1.50. The number of aliphatic hydroxyl groups excluding tert-OH is 1. The number of rotatable bonds is 2. The Morgan fingerprint density at radius 1 is 1.78 bits per heavy atom. The van der Waals surface area contributed by atoms with Gasteiger partial charge < -0.3 is 10.8 Å². The Bertz CT molecular complexity index is 103. The van der Waals surface area contributed by atoms with Crippen LogP contribution in [0.15, 0.2) is 4.99 Å². The first kappa shape index (κ1) is 8.19. The minimum absolute atomic E-state index is 0.0211. The highest BCUT2D eigenvalue weighted by Crippen LogP contribution is 1.73. The Hall–Kier alpha value is -0.810. The molecule has 5 N–H and O–H groups in total. The summed E-state index contributed by atoms with van der Waals surface area (Å²) in [6.07, 6.45) is 0. The molecule has 0 bridgehead atoms. The van der Waals surface area contributed by atoms with Gasteiger partial charge in [-0.05, 0) is 0 Å². The van der Waals surface area contributed by atoms with E-state index in [1.807, 2.05) is 0 Å². The van der Waals surface area contributed by atoms with E-state index in [-0.39, 0.29) is 12.6 Å². The van der Waals surface area contributed by atoms with Crippen molar-refractivity contribution in [1.82, 2.24) is 5.01 Å². The van der Waals surface area contributed by atoms with Crippen LogP contribution < -0.4 is 11.6 Å². The second kappa shape index (κ2) is 4.11. The summed E-state index contributed by atoms with van der Waals surface area (Å²) in [4.78, 5) is 3.59. The van der Waals surface area contributed by atoms with Crippen molar-refractivity contribution in [1.29, 1.82) is 0 Å². The second-order valence-electron chi connectivity index (χ2n) is 1.50. The average molecular weight is 132 g/mol. The van der Waals surface area contributed by atoms with Crippen LogP contribution in [-0.4, -0.2) is 36.3 Å². The highest BCUT2D eigenvalue weighted by Gasteiger charge is 1.97. The monoisotopic (exact) mass is 132 g/mol. The van der Waals surface area contributed by atoms with Gasteiger partial charge in [-0.3, -0.25) is 10.0 Å². The number of nitrogens with two attached hydrogens (primary N) is 2. The van der Waals surface area contributed by atoms with Crippen LogP contribution in [0.1, 0.15) is 0 Å². The topological polar surface area (TPSA) is 87.9 Å². The lowest BCUT2D eigenvalue weighted by atomic mass is 10.6. The molecule has 0 aromatic carbocycles. The number of guanidine groups is 1. The van der Waals surface area contributed by atoms with Gasteiger partial charge in [0.15, 0.2) is 0 Å². The number of hydrogen-bond donors (Lipinski definition) is 3. The summed E-state index contributed by atoms with van der Waals surface area (Å²) in [6, 6.07) is 0. The van der Waals surface area contributed by atoms with Gasteiger partial charge in [-0.15, -0.1) is 0 Å². The summed E-state index contributed by atoms with van der Waals surface area (Å²) in [7, 11) is 1.53. The van der Waals surface area contributed by atoms with Crippen molar-refractivity contribution in [3.8, 4) is 0 Å². The van der Waals surface area contributed by atoms with Crippen LogP contribution in [0.4, 0.5) is 0 Å². The SMILES string of the molecule is CN=C(N)N(N)CCO. The van der Waals surface area contributed by atoms with Crippen molar-refractivity contribution >= 4 is 5.96 Å². The fraction of sp³-hybridized carbons (Fsp3) is 0.750. The van der Waals surface area contributed by atoms with E-state index in [1.165, 1.54) is 12.1 Å². The van der Waals surface area contributed by atoms with Crippen LogP contribution in [0, 0.1) is 0 Å². The summed E-state index contributed by atoms with van der Waals surface area (Å²) in [5, 5.41) is 9.53. The minimum atomic E-state index is -0.0211. The summed E-state index contributed by atoms with van der Waals surface area (Å²) >= 11 is 0. The van der Waals surface area contributed by atoms with Crippen molar-refractivity contribution in [3.05, 3.63) is 0 Å². The highest BCUT2D eigenvalue weighted by molar-refractivity contribution is 5.77. The van der Waals surface area contributed by atoms with Gasteiger partial charge in [-0.2, -0.15) is 0 Å². The third-order valence-corrected chi connectivity index (χ3v) is 0.864. The Labute approximate surface area is 53.9 Å². The van der Waals surface area contributed by atoms with E-state index in [1.54, 1.807) is 0 Å². The number of nitrogens with zero attached hydrogens (tertiary/aromatic N) is 2. The molecule has 5 nitrogen and oxygen atoms in total. The predicted molar refractivity (Wildman–Crippen MR) is 35.5 cm³/mol. The van der Waals surface area contributed by atoms with Crippen LogP contribution in [0.25, 0.3) is 0 Å². The zero-order chi connectivity index (χ0) is 7.28. The molecule has 0 atom stereocenters. The molecule has 0 amide bonds. The predicted octanol–water partition coefficient (Wildman–Crippen LogP) is -1.90. The number of aliphatic imine (C=N–C) groups is 1. The van der Waals surface area contributed by atoms with Gasteiger partial charge in [0.1, 0.15) is 0 Å². The smallest absolute Gasteiger partial charge is 0.205 e. The molecule has 9 heavy (non-hydrogen) atoms. The van der Waals surface area contributed by atoms with Crippen LogP contribution >= 0.6 is 0 Å². The Kier molecular flexibility index (Phi) is 3.74. The number of hydrazine groups is 1. The molecule has 0 radical (unpaired) electrons. The van der Waals surface area contributed by atoms with Gasteiger partial charge in [-0.25, -0.2) is 5.84 Å². The first-order chi connectivity index (χ1) is 4.22. The van der Waals surface area contributed by atoms with E-state index >= 15 is 0 Å². The van der Waals surface area contributed by atoms with E-state index in [4.69, 9.17) is 16.7 Å². The molecule has 0 fully saturated rings. The van der Waals surface area contributed by atoms with Gasteiger partial charge in [-0.1, -0.05) is 0 Å². The summed E-state index contributed by atoms with van der Waals surface area (Å²) in [5.74, 6) is 5.48. The molecule has 0 unspecified atom stereocenters. The van der Waals surface area contributed by atoms with E-state index in [2.05, 4.69) is 4.99 Å². The zero-order valence-electron chi connectivity index (χ0n) is 5.41. The van der Waals surface area contributed by atoms with Crippen LogP contribution in [0.3, 0.4) is 0 Å². The summed E-state index contributed by atoms with van der Waals surface area (Å²) < 4.78 is 0. The largest absolute Gasteiger partial charge is 0.394 e. The van der Waals surface area contributed by atoms with Crippen molar-refractivity contribution in [3.63, 3.8) is 0 Å². The van der Waals surface area contributed by atoms with Crippen molar-refractivity contribution in [2.24, 2.45) is 16.6 Å². The molecule has 0 spiro atoms. The van der Waals surface area contributed by atoms with Gasteiger partial charge in [0, 0.05) is 7.05 Å². The van der Waals surface area contributed by atoms with Crippen LogP contribution in [-0.2, 0) is 0 Å². The van der Waals surface area contributed by atoms with E-state index in [0.717, 1.165) is 0 Å². The lowest BCUT2D eigenvalue weighted by Crippen LogP contribution is -2.44. The Balaban J connectivity index is 3.59. The molecule has 0 saturated carbocycles. The molecular formula is C4H12N4O. The van der Waals surface area contributed by atoms with E-state index in [0.29, 0.717) is 6.54 Å². The molecule has 0 rings (SSSR count). The van der Waals surface area contributed by atoms with Gasteiger partial charge >= 0.3 is 0 Å². The quantitative estimate of drug-likeness (QED) is 0.177. The minimum Gasteiger partial charge on any atom is -0.394 e. The van der Waals surface area contributed by atoms with Crippen molar-refractivity contribution in [2.45, 2.75) is 0 Å². The molecular weight excluding hydrogens is 120 g/mol. The first-order valence-corrected chi connectivity index (χ1v) is 2.57. The third kappa shape index (κ3) is 2.89. The van der Waals surface area contributed by atoms with Crippen molar-refractivity contribution in [2.75, 3.05) is 20.2 Å². The maximum atomic E-state index is 8.35. The maximum absolute atomic E-state index is 8.35. The summed E-state index contributed by atoms with van der Waals surface area (Å²) in [5.41, 5.74) is 5.24. The van der Waals surface area contributed by atoms with Crippen LogP contribution in [0.2, 0.25) is 0 Å². The van der Waals surface area contributed by atoms with Gasteiger partial charge in [0.25, 0.3) is 0 Å². The molecule has 0 saturated heterocycles. The molecule has 0 aromatic rings. The Morgan fingerprint density at radius 3 is 2.67 bits per heavy atom. The van der Waals surface area contributed by atoms with Gasteiger partial charge in [0.2, 0.25) is 5.96 Å². The number of aliphatic hydroxyl groups is 1. The molecule has 0 aliphatic heterocycles. The summed E-state index contributed by atoms with van der Waals surface area (Å²) in [6.45, 7) is 0.288. The maximum Gasteiger partial charge on any atom is 0.205 e. The average Bonchev–Trinajstić information content (AvgIpc) is 1.87. The molecule has 0 aromatic heterocycles.